The van der Waals surface area contributed by atoms with E-state index in [0.29, 0.717) is 0 Å². The lowest BCUT2D eigenvalue weighted by Crippen LogP contribution is -2.27. The highest BCUT2D eigenvalue weighted by molar-refractivity contribution is 4.91. The Labute approximate surface area is 88.0 Å². The molecule has 1 atom stereocenters. The normalized spacial score (nSPS) is 12.0. The van der Waals surface area contributed by atoms with Gasteiger partial charge in [0.05, 0.1) is 12.1 Å². The van der Waals surface area contributed by atoms with E-state index in [1.165, 1.54) is 25.7 Å². The van der Waals surface area contributed by atoms with Crippen molar-refractivity contribution in [1.29, 1.82) is 5.26 Å². The topological polar surface area (TPSA) is 35.8 Å². The fraction of sp³-hybridized carbons (Fsp3) is 0.750. The van der Waals surface area contributed by atoms with Crippen LogP contribution >= 0.6 is 0 Å². The molecule has 0 aromatic heterocycles. The minimum absolute atomic E-state index is 0.00891. The van der Waals surface area contributed by atoms with E-state index in [4.69, 9.17) is 5.26 Å². The third kappa shape index (κ3) is 7.82. The van der Waals surface area contributed by atoms with Gasteiger partial charge >= 0.3 is 0 Å². The molecule has 0 radical (unpaired) electrons. The zero-order valence-electron chi connectivity index (χ0n) is 9.26. The molecular formula is C12H22N2. The van der Waals surface area contributed by atoms with Gasteiger partial charge < -0.3 is 0 Å². The van der Waals surface area contributed by atoms with Crippen LogP contribution in [-0.2, 0) is 0 Å². The maximum atomic E-state index is 8.81. The van der Waals surface area contributed by atoms with Crippen LogP contribution in [-0.4, -0.2) is 12.6 Å². The fourth-order valence-corrected chi connectivity index (χ4v) is 1.39. The first-order chi connectivity index (χ1) is 6.85. The van der Waals surface area contributed by atoms with Crippen LogP contribution in [0.25, 0.3) is 0 Å². The number of rotatable bonds is 9. The van der Waals surface area contributed by atoms with Gasteiger partial charge in [-0.05, 0) is 6.42 Å². The third-order valence-electron chi connectivity index (χ3n) is 2.26. The predicted octanol–water partition coefficient (Wildman–Crippen LogP) is 3.01. The maximum Gasteiger partial charge on any atom is 0.0955 e. The van der Waals surface area contributed by atoms with E-state index in [1.54, 1.807) is 6.08 Å². The van der Waals surface area contributed by atoms with Crippen LogP contribution in [0, 0.1) is 11.3 Å². The molecule has 0 aliphatic carbocycles. The van der Waals surface area contributed by atoms with Gasteiger partial charge in [-0.25, -0.2) is 0 Å². The molecule has 0 saturated heterocycles. The Bertz CT molecular complexity index is 170. The van der Waals surface area contributed by atoms with Crippen LogP contribution in [0.1, 0.15) is 45.4 Å². The summed E-state index contributed by atoms with van der Waals surface area (Å²) in [6, 6.07) is 2.28. The van der Waals surface area contributed by atoms with Crippen LogP contribution in [0.3, 0.4) is 0 Å². The number of nitriles is 1. The van der Waals surface area contributed by atoms with Gasteiger partial charge in [0, 0.05) is 6.54 Å². The maximum absolute atomic E-state index is 8.81. The van der Waals surface area contributed by atoms with Crippen LogP contribution < -0.4 is 5.32 Å². The summed E-state index contributed by atoms with van der Waals surface area (Å²) in [5, 5.41) is 11.9. The summed E-state index contributed by atoms with van der Waals surface area (Å²) in [6.07, 6.45) is 9.06. The van der Waals surface area contributed by atoms with E-state index in [9.17, 15) is 0 Å². The van der Waals surface area contributed by atoms with Gasteiger partial charge in [0.1, 0.15) is 0 Å². The zero-order valence-corrected chi connectivity index (χ0v) is 9.26. The second-order valence-corrected chi connectivity index (χ2v) is 3.58. The Morgan fingerprint density at radius 1 is 1.36 bits per heavy atom. The number of hydrogen-bond donors (Lipinski definition) is 1. The monoisotopic (exact) mass is 194 g/mol. The van der Waals surface area contributed by atoms with Crippen molar-refractivity contribution in [2.45, 2.75) is 51.5 Å². The van der Waals surface area contributed by atoms with E-state index in [1.807, 2.05) is 0 Å². The molecule has 0 aliphatic rings. The largest absolute Gasteiger partial charge is 0.298 e. The molecule has 0 aromatic rings. The van der Waals surface area contributed by atoms with Crippen molar-refractivity contribution in [3.8, 4) is 6.07 Å². The number of unbranched alkanes of at least 4 members (excludes halogenated alkanes) is 4. The molecule has 1 N–H and O–H groups in total. The average Bonchev–Trinajstić information content (AvgIpc) is 2.22. The Hall–Kier alpha value is -0.810. The molecule has 0 heterocycles. The summed E-state index contributed by atoms with van der Waals surface area (Å²) in [5.74, 6) is 0. The first-order valence-electron chi connectivity index (χ1n) is 5.59. The van der Waals surface area contributed by atoms with Crippen molar-refractivity contribution in [3.63, 3.8) is 0 Å². The summed E-state index contributed by atoms with van der Waals surface area (Å²) < 4.78 is 0. The molecule has 0 aliphatic heterocycles. The molecule has 0 spiro atoms. The first kappa shape index (κ1) is 13.2. The van der Waals surface area contributed by atoms with Crippen molar-refractivity contribution in [1.82, 2.24) is 5.32 Å². The summed E-state index contributed by atoms with van der Waals surface area (Å²) >= 11 is 0. The second kappa shape index (κ2) is 10.3. The van der Waals surface area contributed by atoms with Gasteiger partial charge in [-0.15, -0.1) is 6.58 Å². The lowest BCUT2D eigenvalue weighted by Gasteiger charge is -2.08. The third-order valence-corrected chi connectivity index (χ3v) is 2.26. The summed E-state index contributed by atoms with van der Waals surface area (Å²) in [5.41, 5.74) is 0. The number of nitrogens with zero attached hydrogens (tertiary/aromatic N) is 1. The quantitative estimate of drug-likeness (QED) is 0.452. The molecule has 0 amide bonds. The predicted molar refractivity (Wildman–Crippen MR) is 61.0 cm³/mol. The Morgan fingerprint density at radius 3 is 2.64 bits per heavy atom. The Morgan fingerprint density at radius 2 is 2.07 bits per heavy atom. The molecule has 14 heavy (non-hydrogen) atoms. The zero-order chi connectivity index (χ0) is 10.6. The molecule has 1 unspecified atom stereocenters. The molecule has 80 valence electrons. The molecule has 0 rings (SSSR count). The second-order valence-electron chi connectivity index (χ2n) is 3.58. The summed E-state index contributed by atoms with van der Waals surface area (Å²) in [4.78, 5) is 0. The van der Waals surface area contributed by atoms with Crippen LogP contribution in [0.15, 0.2) is 12.7 Å². The highest BCUT2D eigenvalue weighted by atomic mass is 14.9. The fourth-order valence-electron chi connectivity index (χ4n) is 1.39. The highest BCUT2D eigenvalue weighted by Crippen LogP contribution is 2.06. The molecule has 2 nitrogen and oxygen atoms in total. The van der Waals surface area contributed by atoms with Gasteiger partial charge in [-0.3, -0.25) is 5.32 Å². The number of nitrogens with one attached hydrogen (secondary N) is 1. The Balaban J connectivity index is 3.34. The van der Waals surface area contributed by atoms with E-state index >= 15 is 0 Å². The van der Waals surface area contributed by atoms with Crippen molar-refractivity contribution in [2.24, 2.45) is 0 Å². The lowest BCUT2D eigenvalue weighted by molar-refractivity contribution is 0.537. The van der Waals surface area contributed by atoms with Crippen LogP contribution in [0.2, 0.25) is 0 Å². The van der Waals surface area contributed by atoms with Gasteiger partial charge in [-0.1, -0.05) is 45.1 Å². The average molecular weight is 194 g/mol. The number of hydrogen-bond acceptors (Lipinski definition) is 2. The van der Waals surface area contributed by atoms with E-state index in [2.05, 4.69) is 24.9 Å². The summed E-state index contributed by atoms with van der Waals surface area (Å²) in [6.45, 7) is 6.56. The van der Waals surface area contributed by atoms with Gasteiger partial charge in [-0.2, -0.15) is 5.26 Å². The SMILES string of the molecule is C=CCNC(C#N)CCCCCCC. The van der Waals surface area contributed by atoms with E-state index in [0.717, 1.165) is 19.4 Å². The van der Waals surface area contributed by atoms with Gasteiger partial charge in [0.2, 0.25) is 0 Å². The van der Waals surface area contributed by atoms with E-state index in [-0.39, 0.29) is 6.04 Å². The minimum Gasteiger partial charge on any atom is -0.298 e. The highest BCUT2D eigenvalue weighted by Gasteiger charge is 2.03. The molecule has 0 bridgehead atoms. The van der Waals surface area contributed by atoms with Crippen molar-refractivity contribution >= 4 is 0 Å². The Kier molecular flexibility index (Phi) is 9.68. The van der Waals surface area contributed by atoms with Gasteiger partial charge in [0.15, 0.2) is 0 Å². The van der Waals surface area contributed by atoms with Crippen molar-refractivity contribution in [2.75, 3.05) is 6.54 Å². The molecule has 0 aromatic carbocycles. The van der Waals surface area contributed by atoms with Gasteiger partial charge in [0.25, 0.3) is 0 Å². The van der Waals surface area contributed by atoms with Crippen molar-refractivity contribution in [3.05, 3.63) is 12.7 Å². The smallest absolute Gasteiger partial charge is 0.0955 e. The molecular weight excluding hydrogens is 172 g/mol. The first-order valence-corrected chi connectivity index (χ1v) is 5.59. The summed E-state index contributed by atoms with van der Waals surface area (Å²) in [7, 11) is 0. The van der Waals surface area contributed by atoms with E-state index < -0.39 is 0 Å². The lowest BCUT2D eigenvalue weighted by atomic mass is 10.1. The molecule has 0 saturated carbocycles. The minimum atomic E-state index is 0.00891. The van der Waals surface area contributed by atoms with Crippen molar-refractivity contribution < 1.29 is 0 Å². The standard InChI is InChI=1S/C12H22N2/c1-3-5-6-7-8-9-12(11-13)14-10-4-2/h4,12,14H,2-3,5-10H2,1H3. The van der Waals surface area contributed by atoms with Crippen LogP contribution in [0.4, 0.5) is 0 Å². The molecule has 0 fully saturated rings. The molecule has 2 heteroatoms. The van der Waals surface area contributed by atoms with Crippen LogP contribution in [0.5, 0.6) is 0 Å².